The molecule has 1 aromatic heterocycles. The average Bonchev–Trinajstić information content (AvgIpc) is 2.28. The molecule has 0 saturated carbocycles. The molecule has 0 bridgehead atoms. The highest BCUT2D eigenvalue weighted by Crippen LogP contribution is 2.07. The highest BCUT2D eigenvalue weighted by molar-refractivity contribution is 5.15. The molecule has 96 valence electrons. The van der Waals surface area contributed by atoms with E-state index >= 15 is 0 Å². The monoisotopic (exact) mass is 240 g/mol. The van der Waals surface area contributed by atoms with Crippen LogP contribution in [0.4, 0.5) is 0 Å². The summed E-state index contributed by atoms with van der Waals surface area (Å²) >= 11 is 0. The van der Waals surface area contributed by atoms with E-state index in [9.17, 15) is 10.3 Å². The highest BCUT2D eigenvalue weighted by Gasteiger charge is 2.08. The summed E-state index contributed by atoms with van der Waals surface area (Å²) in [6.45, 7) is 6.38. The number of nitrogens with zero attached hydrogens (tertiary/aromatic N) is 1. The van der Waals surface area contributed by atoms with Gasteiger partial charge in [0.05, 0.1) is 0 Å². The quantitative estimate of drug-likeness (QED) is 0.556. The zero-order chi connectivity index (χ0) is 12.8. The van der Waals surface area contributed by atoms with Crippen LogP contribution in [0.5, 0.6) is 5.75 Å². The van der Waals surface area contributed by atoms with Gasteiger partial charge in [-0.1, -0.05) is 13.8 Å². The Morgan fingerprint density at radius 3 is 2.76 bits per heavy atom. The van der Waals surface area contributed by atoms with Crippen molar-refractivity contribution < 1.29 is 14.6 Å². The second-order valence-corrected chi connectivity index (χ2v) is 4.36. The molecule has 0 aliphatic heterocycles. The summed E-state index contributed by atoms with van der Waals surface area (Å²) in [4.78, 5) is 0. The fourth-order valence-electron chi connectivity index (χ4n) is 1.25. The molecule has 1 atom stereocenters. The van der Waals surface area contributed by atoms with E-state index < -0.39 is 6.10 Å². The van der Waals surface area contributed by atoms with Gasteiger partial charge in [0.2, 0.25) is 6.20 Å². The summed E-state index contributed by atoms with van der Waals surface area (Å²) in [6, 6.07) is 3.72. The Balaban J connectivity index is 2.36. The van der Waals surface area contributed by atoms with Gasteiger partial charge >= 0.3 is 0 Å². The van der Waals surface area contributed by atoms with Crippen LogP contribution in [0.1, 0.15) is 19.5 Å². The van der Waals surface area contributed by atoms with Crippen molar-refractivity contribution in [3.8, 4) is 5.75 Å². The predicted octanol–water partition coefficient (Wildman–Crippen LogP) is 0.366. The van der Waals surface area contributed by atoms with E-state index in [1.807, 2.05) is 13.8 Å². The maximum atomic E-state index is 11.3. The van der Waals surface area contributed by atoms with Crippen LogP contribution in [0.3, 0.4) is 0 Å². The normalized spacial score (nSPS) is 12.8. The van der Waals surface area contributed by atoms with E-state index in [0.717, 1.165) is 4.73 Å². The van der Waals surface area contributed by atoms with E-state index in [1.165, 1.54) is 6.20 Å². The van der Waals surface area contributed by atoms with Crippen LogP contribution in [0.25, 0.3) is 0 Å². The number of aryl methyl sites for hydroxylation is 1. The lowest BCUT2D eigenvalue weighted by molar-refractivity contribution is -0.612. The van der Waals surface area contributed by atoms with E-state index in [0.29, 0.717) is 24.0 Å². The Kier molecular flexibility index (Phi) is 5.18. The van der Waals surface area contributed by atoms with Gasteiger partial charge in [-0.3, -0.25) is 0 Å². The van der Waals surface area contributed by atoms with Crippen molar-refractivity contribution in [2.45, 2.75) is 32.9 Å². The second-order valence-electron chi connectivity index (χ2n) is 4.36. The third kappa shape index (κ3) is 5.01. The minimum Gasteiger partial charge on any atom is -0.618 e. The molecule has 0 amide bonds. The molecular formula is C12H20N2O3. The molecule has 1 heterocycles. The third-order valence-corrected chi connectivity index (χ3v) is 2.29. The zero-order valence-electron chi connectivity index (χ0n) is 10.5. The van der Waals surface area contributed by atoms with Crippen molar-refractivity contribution in [3.05, 3.63) is 29.2 Å². The van der Waals surface area contributed by atoms with Crippen molar-refractivity contribution in [1.29, 1.82) is 0 Å². The number of aromatic nitrogens is 1. The first-order chi connectivity index (χ1) is 7.99. The van der Waals surface area contributed by atoms with Gasteiger partial charge < -0.3 is 20.4 Å². The van der Waals surface area contributed by atoms with E-state index in [4.69, 9.17) is 4.74 Å². The maximum absolute atomic E-state index is 11.3. The molecule has 5 nitrogen and oxygen atoms in total. The molecule has 0 fully saturated rings. The van der Waals surface area contributed by atoms with Crippen LogP contribution >= 0.6 is 0 Å². The second kappa shape index (κ2) is 6.42. The molecular weight excluding hydrogens is 220 g/mol. The number of nitrogens with one attached hydrogen (secondary N) is 1. The molecule has 0 radical (unpaired) electrons. The molecule has 0 aromatic carbocycles. The summed E-state index contributed by atoms with van der Waals surface area (Å²) in [5, 5.41) is 24.0. The first kappa shape index (κ1) is 13.7. The van der Waals surface area contributed by atoms with Crippen molar-refractivity contribution in [3.63, 3.8) is 0 Å². The van der Waals surface area contributed by atoms with E-state index in [1.54, 1.807) is 19.1 Å². The Morgan fingerprint density at radius 1 is 1.47 bits per heavy atom. The number of hydrogen-bond acceptors (Lipinski definition) is 4. The molecule has 1 aromatic rings. The van der Waals surface area contributed by atoms with Crippen molar-refractivity contribution >= 4 is 0 Å². The Bertz CT molecular complexity index is 356. The Hall–Kier alpha value is -1.33. The smallest absolute Gasteiger partial charge is 0.222 e. The van der Waals surface area contributed by atoms with Crippen LogP contribution in [0, 0.1) is 12.1 Å². The lowest BCUT2D eigenvalue weighted by Crippen LogP contribution is -2.35. The molecule has 0 aliphatic rings. The van der Waals surface area contributed by atoms with E-state index in [2.05, 4.69) is 5.32 Å². The van der Waals surface area contributed by atoms with Gasteiger partial charge in [0.15, 0.2) is 11.4 Å². The van der Waals surface area contributed by atoms with Gasteiger partial charge in [-0.2, -0.15) is 4.73 Å². The first-order valence-corrected chi connectivity index (χ1v) is 5.73. The third-order valence-electron chi connectivity index (χ3n) is 2.29. The number of ether oxygens (including phenoxy) is 1. The average molecular weight is 240 g/mol. The molecule has 2 N–H and O–H groups in total. The summed E-state index contributed by atoms with van der Waals surface area (Å²) in [5.41, 5.74) is 0.611. The lowest BCUT2D eigenvalue weighted by Gasteiger charge is -2.14. The highest BCUT2D eigenvalue weighted by atomic mass is 16.5. The van der Waals surface area contributed by atoms with Crippen molar-refractivity contribution in [2.24, 2.45) is 0 Å². The minimum absolute atomic E-state index is 0.169. The fourth-order valence-corrected chi connectivity index (χ4v) is 1.25. The van der Waals surface area contributed by atoms with E-state index in [-0.39, 0.29) is 6.61 Å². The van der Waals surface area contributed by atoms with Crippen LogP contribution < -0.4 is 14.8 Å². The number of aliphatic hydroxyl groups is 1. The molecule has 17 heavy (non-hydrogen) atoms. The van der Waals surface area contributed by atoms with Crippen molar-refractivity contribution in [1.82, 2.24) is 5.32 Å². The van der Waals surface area contributed by atoms with Gasteiger partial charge in [0.25, 0.3) is 0 Å². The molecule has 0 spiro atoms. The van der Waals surface area contributed by atoms with Crippen LogP contribution in [0.2, 0.25) is 0 Å². The predicted molar refractivity (Wildman–Crippen MR) is 64.8 cm³/mol. The molecule has 0 saturated heterocycles. The molecule has 1 unspecified atom stereocenters. The number of pyridine rings is 1. The largest absolute Gasteiger partial charge is 0.618 e. The molecule has 1 rings (SSSR count). The molecule has 0 aliphatic carbocycles. The summed E-state index contributed by atoms with van der Waals surface area (Å²) in [6.07, 6.45) is 0.775. The first-order valence-electron chi connectivity index (χ1n) is 5.73. The zero-order valence-corrected chi connectivity index (χ0v) is 10.5. The van der Waals surface area contributed by atoms with Gasteiger partial charge in [-0.05, 0) is 6.07 Å². The van der Waals surface area contributed by atoms with Crippen LogP contribution in [-0.4, -0.2) is 30.4 Å². The van der Waals surface area contributed by atoms with Gasteiger partial charge in [-0.25, -0.2) is 0 Å². The Morgan fingerprint density at radius 2 is 2.18 bits per heavy atom. The molecule has 5 heteroatoms. The standard InChI is InChI=1S/C12H20N2O3/c1-9(2)13-6-11(15)8-17-12-5-4-10(3)14(16)7-12/h4-5,7,9,11,13,15H,6,8H2,1-3H3. The summed E-state index contributed by atoms with van der Waals surface area (Å²) < 4.78 is 6.07. The van der Waals surface area contributed by atoms with Crippen LogP contribution in [-0.2, 0) is 0 Å². The van der Waals surface area contributed by atoms with Gasteiger partial charge in [0.1, 0.15) is 12.7 Å². The Labute approximate surface area is 102 Å². The number of hydrogen-bond donors (Lipinski definition) is 2. The lowest BCUT2D eigenvalue weighted by atomic mass is 10.3. The number of rotatable bonds is 6. The van der Waals surface area contributed by atoms with Gasteiger partial charge in [-0.15, -0.1) is 0 Å². The van der Waals surface area contributed by atoms with Gasteiger partial charge in [0, 0.05) is 25.6 Å². The summed E-state index contributed by atoms with van der Waals surface area (Å²) in [7, 11) is 0. The minimum atomic E-state index is -0.584. The van der Waals surface area contributed by atoms with Crippen molar-refractivity contribution in [2.75, 3.05) is 13.2 Å². The number of aliphatic hydroxyl groups excluding tert-OH is 1. The maximum Gasteiger partial charge on any atom is 0.222 e. The topological polar surface area (TPSA) is 68.4 Å². The SMILES string of the molecule is Cc1ccc(OCC(O)CNC(C)C)c[n+]1[O-]. The van der Waals surface area contributed by atoms with Crippen LogP contribution in [0.15, 0.2) is 18.3 Å². The fraction of sp³-hybridized carbons (Fsp3) is 0.583. The summed E-state index contributed by atoms with van der Waals surface area (Å²) in [5.74, 6) is 0.467.